The summed E-state index contributed by atoms with van der Waals surface area (Å²) in [5, 5.41) is 8.06. The van der Waals surface area contributed by atoms with Crippen LogP contribution in [0.2, 0.25) is 0 Å². The summed E-state index contributed by atoms with van der Waals surface area (Å²) in [5.41, 5.74) is 1.89. The van der Waals surface area contributed by atoms with Crippen LogP contribution in [0, 0.1) is 17.1 Å². The van der Waals surface area contributed by atoms with Gasteiger partial charge < -0.3 is 4.74 Å². The van der Waals surface area contributed by atoms with Gasteiger partial charge in [-0.25, -0.2) is 17.8 Å². The predicted molar refractivity (Wildman–Crippen MR) is 128 cm³/mol. The molecule has 0 saturated carbocycles. The maximum absolute atomic E-state index is 14.2. The van der Waals surface area contributed by atoms with Crippen molar-refractivity contribution in [3.05, 3.63) is 89.5 Å². The van der Waals surface area contributed by atoms with Gasteiger partial charge in [-0.05, 0) is 60.2 Å². The predicted octanol–water partition coefficient (Wildman–Crippen LogP) is 5.53. The second-order valence-electron chi connectivity index (χ2n) is 8.88. The lowest BCUT2D eigenvalue weighted by atomic mass is 9.94. The molecule has 0 fully saturated rings. The van der Waals surface area contributed by atoms with E-state index < -0.39 is 20.9 Å². The van der Waals surface area contributed by atoms with Crippen molar-refractivity contribution >= 4 is 15.9 Å². The Morgan fingerprint density at radius 2 is 1.82 bits per heavy atom. The Kier molecular flexibility index (Phi) is 6.24. The van der Waals surface area contributed by atoms with E-state index in [0.29, 0.717) is 16.8 Å². The van der Waals surface area contributed by atoms with Crippen LogP contribution in [0.3, 0.4) is 0 Å². The molecule has 6 nitrogen and oxygen atoms in total. The molecule has 0 bridgehead atoms. The second-order valence-corrected chi connectivity index (χ2v) is 10.6. The molecule has 34 heavy (non-hydrogen) atoms. The van der Waals surface area contributed by atoms with E-state index in [4.69, 9.17) is 10.00 Å². The topological polar surface area (TPSA) is 92.4 Å². The average Bonchev–Trinajstić information content (AvgIpc) is 2.78. The first kappa shape index (κ1) is 23.6. The van der Waals surface area contributed by atoms with Crippen molar-refractivity contribution in [3.63, 3.8) is 0 Å². The van der Waals surface area contributed by atoms with Gasteiger partial charge in [-0.2, -0.15) is 5.26 Å². The largest absolute Gasteiger partial charge is 0.472 e. The molecule has 0 aliphatic carbocycles. The van der Waals surface area contributed by atoms with Gasteiger partial charge in [0.05, 0.1) is 0 Å². The van der Waals surface area contributed by atoms with Crippen molar-refractivity contribution in [1.29, 1.82) is 5.26 Å². The van der Waals surface area contributed by atoms with Crippen LogP contribution in [0.5, 0.6) is 0 Å². The van der Waals surface area contributed by atoms with Crippen molar-refractivity contribution in [2.45, 2.75) is 44.0 Å². The zero-order valence-corrected chi connectivity index (χ0v) is 19.9. The number of nitrogens with zero attached hydrogens (tertiary/aromatic N) is 3. The number of rotatable bonds is 5. The van der Waals surface area contributed by atoms with E-state index in [-0.39, 0.29) is 24.1 Å². The third-order valence-corrected chi connectivity index (χ3v) is 7.77. The van der Waals surface area contributed by atoms with Gasteiger partial charge in [-0.1, -0.05) is 49.4 Å². The molecule has 4 rings (SSSR count). The van der Waals surface area contributed by atoms with E-state index in [1.54, 1.807) is 74.6 Å². The number of sulfonamides is 1. The maximum Gasteiger partial charge on any atom is 0.267 e. The van der Waals surface area contributed by atoms with Crippen LogP contribution >= 0.6 is 0 Å². The lowest BCUT2D eigenvalue weighted by Gasteiger charge is -2.37. The van der Waals surface area contributed by atoms with Crippen molar-refractivity contribution in [2.24, 2.45) is 4.40 Å². The molecule has 2 heterocycles. The normalized spacial score (nSPS) is 19.4. The maximum atomic E-state index is 14.2. The van der Waals surface area contributed by atoms with Crippen LogP contribution in [0.4, 0.5) is 4.39 Å². The van der Waals surface area contributed by atoms with Crippen LogP contribution in [0.15, 0.2) is 71.3 Å². The monoisotopic (exact) mass is 477 g/mol. The molecule has 3 aromatic rings. The summed E-state index contributed by atoms with van der Waals surface area (Å²) in [6, 6.07) is 18.9. The Morgan fingerprint density at radius 1 is 1.12 bits per heavy atom. The molecule has 1 aliphatic heterocycles. The Bertz CT molecular complexity index is 1390. The van der Waals surface area contributed by atoms with Crippen molar-refractivity contribution < 1.29 is 17.5 Å². The number of benzene rings is 2. The summed E-state index contributed by atoms with van der Waals surface area (Å²) < 4.78 is 50.7. The van der Waals surface area contributed by atoms with Gasteiger partial charge in [0.25, 0.3) is 10.0 Å². The highest BCUT2D eigenvalue weighted by atomic mass is 32.2. The highest BCUT2D eigenvalue weighted by Gasteiger charge is 2.47. The van der Waals surface area contributed by atoms with Crippen LogP contribution < -0.4 is 0 Å². The summed E-state index contributed by atoms with van der Waals surface area (Å²) in [5.74, 6) is -0.572. The van der Waals surface area contributed by atoms with Gasteiger partial charge in [0.2, 0.25) is 5.90 Å². The fraction of sp³-hybridized carbons (Fsp3) is 0.269. The zero-order chi connectivity index (χ0) is 24.5. The van der Waals surface area contributed by atoms with Gasteiger partial charge in [-0.15, -0.1) is 4.40 Å². The number of hydrogen-bond acceptors (Lipinski definition) is 5. The number of nitriles is 1. The minimum atomic E-state index is -3.94. The SMILES string of the molecule is C[C@H](CC1=NS(=O)(=O)C(c2ccc(-c3ccnc(C#N)c3)cc2)C(C)(C)O1)c1ccccc1F. The fourth-order valence-electron chi connectivity index (χ4n) is 4.35. The first-order valence-corrected chi connectivity index (χ1v) is 12.3. The number of aromatic nitrogens is 1. The van der Waals surface area contributed by atoms with Crippen molar-refractivity contribution in [1.82, 2.24) is 4.98 Å². The van der Waals surface area contributed by atoms with Gasteiger partial charge in [-0.3, -0.25) is 0 Å². The number of pyridine rings is 1. The number of ether oxygens (including phenoxy) is 1. The molecule has 1 unspecified atom stereocenters. The molecule has 0 amide bonds. The molecule has 1 aliphatic rings. The van der Waals surface area contributed by atoms with Crippen LogP contribution in [0.1, 0.15) is 55.2 Å². The average molecular weight is 478 g/mol. The fourth-order valence-corrected chi connectivity index (χ4v) is 6.12. The minimum absolute atomic E-state index is 0.0782. The lowest BCUT2D eigenvalue weighted by Crippen LogP contribution is -2.43. The molecule has 174 valence electrons. The molecular formula is C26H24FN3O3S. The summed E-state index contributed by atoms with van der Waals surface area (Å²) in [6.45, 7) is 5.24. The third kappa shape index (κ3) is 4.70. The van der Waals surface area contributed by atoms with Gasteiger partial charge in [0, 0.05) is 12.6 Å². The molecule has 0 saturated heterocycles. The Morgan fingerprint density at radius 3 is 2.47 bits per heavy atom. The van der Waals surface area contributed by atoms with E-state index in [0.717, 1.165) is 11.1 Å². The zero-order valence-electron chi connectivity index (χ0n) is 19.1. The lowest BCUT2D eigenvalue weighted by molar-refractivity contribution is 0.0803. The summed E-state index contributed by atoms with van der Waals surface area (Å²) in [4.78, 5) is 3.97. The smallest absolute Gasteiger partial charge is 0.267 e. The highest BCUT2D eigenvalue weighted by Crippen LogP contribution is 2.42. The van der Waals surface area contributed by atoms with Crippen molar-refractivity contribution in [2.75, 3.05) is 0 Å². The number of halogens is 1. The molecule has 0 N–H and O–H groups in total. The van der Waals surface area contributed by atoms with E-state index >= 15 is 0 Å². The molecule has 8 heteroatoms. The molecular weight excluding hydrogens is 453 g/mol. The first-order chi connectivity index (χ1) is 16.1. The molecule has 2 atom stereocenters. The Labute approximate surface area is 198 Å². The van der Waals surface area contributed by atoms with E-state index in [2.05, 4.69) is 9.38 Å². The first-order valence-electron chi connectivity index (χ1n) is 10.8. The summed E-state index contributed by atoms with van der Waals surface area (Å²) in [7, 11) is -3.94. The molecule has 1 aromatic heterocycles. The molecule has 2 aromatic carbocycles. The van der Waals surface area contributed by atoms with Gasteiger partial charge in [0.1, 0.15) is 28.4 Å². The molecule has 0 radical (unpaired) electrons. The van der Waals surface area contributed by atoms with Gasteiger partial charge >= 0.3 is 0 Å². The Balaban J connectivity index is 1.61. The number of hydrogen-bond donors (Lipinski definition) is 0. The van der Waals surface area contributed by atoms with Crippen molar-refractivity contribution in [3.8, 4) is 17.2 Å². The van der Waals surface area contributed by atoms with Crippen LogP contribution in [-0.2, 0) is 14.8 Å². The van der Waals surface area contributed by atoms with Crippen LogP contribution in [0.25, 0.3) is 11.1 Å². The standard InChI is InChI=1S/C26H24FN3O3S/c1-17(22-6-4-5-7-23(22)27)14-24-30-34(31,32)25(26(2,3)33-24)19-10-8-18(9-11-19)20-12-13-29-21(15-20)16-28/h4-13,15,17,25H,14H2,1-3H3/t17-,25?/m1/s1. The third-order valence-electron chi connectivity index (χ3n) is 5.88. The van der Waals surface area contributed by atoms with E-state index in [9.17, 15) is 12.8 Å². The van der Waals surface area contributed by atoms with Gasteiger partial charge in [0.15, 0.2) is 0 Å². The van der Waals surface area contributed by atoms with Crippen LogP contribution in [-0.4, -0.2) is 24.9 Å². The second kappa shape index (κ2) is 8.99. The van der Waals surface area contributed by atoms with E-state index in [1.807, 2.05) is 13.0 Å². The summed E-state index contributed by atoms with van der Waals surface area (Å²) >= 11 is 0. The quantitative estimate of drug-likeness (QED) is 0.482. The highest BCUT2D eigenvalue weighted by molar-refractivity contribution is 7.90. The molecule has 0 spiro atoms. The van der Waals surface area contributed by atoms with E-state index in [1.165, 1.54) is 6.07 Å². The minimum Gasteiger partial charge on any atom is -0.472 e. The Hall–Kier alpha value is -3.57. The summed E-state index contributed by atoms with van der Waals surface area (Å²) in [6.07, 6.45) is 1.72.